The van der Waals surface area contributed by atoms with Crippen LogP contribution in [0.5, 0.6) is 0 Å². The molecule has 2 N–H and O–H groups in total. The number of guanidine groups is 1. The fraction of sp³-hybridized carbons (Fsp3) is 0.412. The molecule has 2 heterocycles. The summed E-state index contributed by atoms with van der Waals surface area (Å²) in [6.45, 7) is 2.61. The van der Waals surface area contributed by atoms with Gasteiger partial charge in [-0.2, -0.15) is 0 Å². The quantitative estimate of drug-likeness (QED) is 0.637. The van der Waals surface area contributed by atoms with Gasteiger partial charge in [0.25, 0.3) is 0 Å². The minimum atomic E-state index is -0.525. The summed E-state index contributed by atoms with van der Waals surface area (Å²) in [6, 6.07) is 4.04. The van der Waals surface area contributed by atoms with Crippen LogP contribution in [-0.4, -0.2) is 48.2 Å². The van der Waals surface area contributed by atoms with Crippen LogP contribution in [0.25, 0.3) is 0 Å². The molecule has 0 aliphatic carbocycles. The van der Waals surface area contributed by atoms with E-state index in [4.69, 9.17) is 0 Å². The maximum Gasteiger partial charge on any atom is 0.191 e. The number of aromatic nitrogens is 2. The topological polar surface area (TPSA) is 57.5 Å². The first kappa shape index (κ1) is 17.2. The van der Waals surface area contributed by atoms with Crippen molar-refractivity contribution in [2.24, 2.45) is 4.99 Å². The van der Waals surface area contributed by atoms with Crippen LogP contribution in [0.2, 0.25) is 0 Å². The van der Waals surface area contributed by atoms with Crippen LogP contribution in [0, 0.1) is 11.6 Å². The van der Waals surface area contributed by atoms with E-state index in [1.165, 1.54) is 18.2 Å². The van der Waals surface area contributed by atoms with Gasteiger partial charge >= 0.3 is 0 Å². The van der Waals surface area contributed by atoms with Crippen molar-refractivity contribution in [1.29, 1.82) is 0 Å². The zero-order chi connectivity index (χ0) is 17.6. The van der Waals surface area contributed by atoms with Crippen LogP contribution >= 0.6 is 0 Å². The lowest BCUT2D eigenvalue weighted by molar-refractivity contribution is 0.575. The van der Waals surface area contributed by atoms with E-state index < -0.39 is 11.6 Å². The van der Waals surface area contributed by atoms with Crippen LogP contribution in [-0.2, 0) is 6.54 Å². The summed E-state index contributed by atoms with van der Waals surface area (Å²) in [5, 5.41) is 6.55. The monoisotopic (exact) mass is 348 g/mol. The van der Waals surface area contributed by atoms with Gasteiger partial charge in [0.2, 0.25) is 0 Å². The summed E-state index contributed by atoms with van der Waals surface area (Å²) < 4.78 is 29.8. The molecule has 6 nitrogen and oxygen atoms in total. The molecule has 0 saturated carbocycles. The minimum Gasteiger partial charge on any atom is -0.365 e. The van der Waals surface area contributed by atoms with Gasteiger partial charge in [-0.25, -0.2) is 13.8 Å². The number of hydrogen-bond acceptors (Lipinski definition) is 3. The van der Waals surface area contributed by atoms with Gasteiger partial charge in [0, 0.05) is 51.7 Å². The average Bonchev–Trinajstić information content (AvgIpc) is 3.26. The minimum absolute atomic E-state index is 0.0508. The van der Waals surface area contributed by atoms with Crippen molar-refractivity contribution in [3.63, 3.8) is 0 Å². The van der Waals surface area contributed by atoms with Gasteiger partial charge in [-0.05, 0) is 18.6 Å². The molecule has 1 aromatic carbocycles. The van der Waals surface area contributed by atoms with Gasteiger partial charge in [-0.1, -0.05) is 6.07 Å². The molecule has 1 aliphatic heterocycles. The van der Waals surface area contributed by atoms with Crippen LogP contribution in [0.3, 0.4) is 0 Å². The number of nitrogens with zero attached hydrogens (tertiary/aromatic N) is 4. The highest BCUT2D eigenvalue weighted by Gasteiger charge is 2.27. The normalized spacial score (nSPS) is 17.8. The average molecular weight is 348 g/mol. The van der Waals surface area contributed by atoms with E-state index in [9.17, 15) is 8.78 Å². The molecule has 1 aromatic heterocycles. The number of anilines is 1. The Morgan fingerprint density at radius 3 is 2.84 bits per heavy atom. The predicted molar refractivity (Wildman–Crippen MR) is 93.7 cm³/mol. The van der Waals surface area contributed by atoms with Crippen LogP contribution < -0.4 is 15.5 Å². The highest BCUT2D eigenvalue weighted by atomic mass is 19.1. The third kappa shape index (κ3) is 4.26. The Labute approximate surface area is 145 Å². The van der Waals surface area contributed by atoms with Crippen LogP contribution in [0.4, 0.5) is 14.5 Å². The van der Waals surface area contributed by atoms with E-state index in [1.54, 1.807) is 24.5 Å². The molecule has 2 aromatic rings. The molecular formula is C17H22F2N6. The first-order chi connectivity index (χ1) is 12.2. The Morgan fingerprint density at radius 1 is 1.36 bits per heavy atom. The number of nitrogens with one attached hydrogen (secondary N) is 2. The molecule has 0 bridgehead atoms. The third-order valence-corrected chi connectivity index (χ3v) is 4.23. The largest absolute Gasteiger partial charge is 0.365 e. The van der Waals surface area contributed by atoms with Crippen molar-refractivity contribution in [1.82, 2.24) is 20.2 Å². The van der Waals surface area contributed by atoms with Crippen molar-refractivity contribution < 1.29 is 8.78 Å². The van der Waals surface area contributed by atoms with Crippen LogP contribution in [0.1, 0.15) is 6.42 Å². The van der Waals surface area contributed by atoms with Crippen LogP contribution in [0.15, 0.2) is 41.9 Å². The Kier molecular flexibility index (Phi) is 5.47. The van der Waals surface area contributed by atoms with E-state index in [0.29, 0.717) is 25.6 Å². The number of imidazole rings is 1. The second-order valence-corrected chi connectivity index (χ2v) is 5.95. The summed E-state index contributed by atoms with van der Waals surface area (Å²) in [6.07, 6.45) is 6.18. The summed E-state index contributed by atoms with van der Waals surface area (Å²) in [5.41, 5.74) is 0.0508. The maximum absolute atomic E-state index is 13.9. The molecule has 25 heavy (non-hydrogen) atoms. The molecule has 1 atom stereocenters. The molecule has 3 rings (SSSR count). The van der Waals surface area contributed by atoms with Gasteiger partial charge in [-0.3, -0.25) is 4.99 Å². The van der Waals surface area contributed by atoms with E-state index in [1.807, 2.05) is 10.8 Å². The number of benzene rings is 1. The molecule has 0 amide bonds. The number of rotatable bonds is 5. The second kappa shape index (κ2) is 7.96. The lowest BCUT2D eigenvalue weighted by atomic mass is 10.2. The number of para-hydroxylation sites is 1. The molecule has 0 spiro atoms. The number of halogens is 2. The first-order valence-corrected chi connectivity index (χ1v) is 8.29. The number of aliphatic imine (C=N–C) groups is 1. The summed E-state index contributed by atoms with van der Waals surface area (Å²) in [5.74, 6) is -0.368. The fourth-order valence-corrected chi connectivity index (χ4v) is 2.98. The standard InChI is InChI=1S/C17H22F2N6/c1-20-17(22-7-10-24-9-6-21-12-24)23-13-5-8-25(11-13)16-14(18)3-2-4-15(16)19/h2-4,6,9,12-13H,5,7-8,10-11H2,1H3,(H2,20,22,23). The molecule has 1 saturated heterocycles. The third-order valence-electron chi connectivity index (χ3n) is 4.23. The Morgan fingerprint density at radius 2 is 2.16 bits per heavy atom. The summed E-state index contributed by atoms with van der Waals surface area (Å²) in [4.78, 5) is 9.94. The van der Waals surface area contributed by atoms with E-state index in [-0.39, 0.29) is 11.7 Å². The van der Waals surface area contributed by atoms with Gasteiger partial charge in [0.1, 0.15) is 17.3 Å². The molecule has 1 fully saturated rings. The van der Waals surface area contributed by atoms with Crippen molar-refractivity contribution in [2.75, 3.05) is 31.6 Å². The predicted octanol–water partition coefficient (Wildman–Crippen LogP) is 1.61. The van der Waals surface area contributed by atoms with Crippen molar-refractivity contribution in [3.8, 4) is 0 Å². The van der Waals surface area contributed by atoms with Gasteiger partial charge in [0.15, 0.2) is 5.96 Å². The Hall–Kier alpha value is -2.64. The first-order valence-electron chi connectivity index (χ1n) is 8.29. The highest BCUT2D eigenvalue weighted by Crippen LogP contribution is 2.26. The molecule has 1 aliphatic rings. The van der Waals surface area contributed by atoms with Crippen molar-refractivity contribution >= 4 is 11.6 Å². The number of hydrogen-bond donors (Lipinski definition) is 2. The van der Waals surface area contributed by atoms with E-state index >= 15 is 0 Å². The van der Waals surface area contributed by atoms with Crippen molar-refractivity contribution in [2.45, 2.75) is 19.0 Å². The highest BCUT2D eigenvalue weighted by molar-refractivity contribution is 5.80. The van der Waals surface area contributed by atoms with E-state index in [0.717, 1.165) is 13.0 Å². The smallest absolute Gasteiger partial charge is 0.191 e. The van der Waals surface area contributed by atoms with Gasteiger partial charge in [-0.15, -0.1) is 0 Å². The lowest BCUT2D eigenvalue weighted by Gasteiger charge is -2.21. The summed E-state index contributed by atoms with van der Waals surface area (Å²) in [7, 11) is 1.70. The molecule has 0 radical (unpaired) electrons. The lowest BCUT2D eigenvalue weighted by Crippen LogP contribution is -2.45. The SMILES string of the molecule is CN=C(NCCn1ccnc1)NC1CCN(c2c(F)cccc2F)C1. The zero-order valence-corrected chi connectivity index (χ0v) is 14.1. The second-order valence-electron chi connectivity index (χ2n) is 5.95. The zero-order valence-electron chi connectivity index (χ0n) is 14.1. The Bertz CT molecular complexity index is 696. The molecular weight excluding hydrogens is 326 g/mol. The molecule has 8 heteroatoms. The molecule has 134 valence electrons. The molecule has 1 unspecified atom stereocenters. The van der Waals surface area contributed by atoms with Crippen molar-refractivity contribution in [3.05, 3.63) is 48.6 Å². The fourth-order valence-electron chi connectivity index (χ4n) is 2.98. The van der Waals surface area contributed by atoms with E-state index in [2.05, 4.69) is 20.6 Å². The Balaban J connectivity index is 1.51. The van der Waals surface area contributed by atoms with Gasteiger partial charge < -0.3 is 20.1 Å². The summed E-state index contributed by atoms with van der Waals surface area (Å²) >= 11 is 0. The maximum atomic E-state index is 13.9. The van der Waals surface area contributed by atoms with Gasteiger partial charge in [0.05, 0.1) is 6.33 Å².